The average molecular weight is 390 g/mol. The molecule has 10 heteroatoms. The molecule has 0 amide bonds. The van der Waals surface area contributed by atoms with E-state index >= 15 is 0 Å². The number of aromatic nitrogens is 1. The Morgan fingerprint density at radius 2 is 1.92 bits per heavy atom. The maximum atomic E-state index is 13.1. The van der Waals surface area contributed by atoms with E-state index in [0.29, 0.717) is 11.8 Å². The van der Waals surface area contributed by atoms with Crippen LogP contribution in [0.25, 0.3) is 0 Å². The van der Waals surface area contributed by atoms with Crippen LogP contribution in [-0.2, 0) is 22.0 Å². The number of rotatable bonds is 5. The highest BCUT2D eigenvalue weighted by molar-refractivity contribution is 7.88. The Morgan fingerprint density at radius 1 is 1.19 bits per heavy atom. The molecule has 0 spiro atoms. The first-order valence-electron chi connectivity index (χ1n) is 7.56. The van der Waals surface area contributed by atoms with Gasteiger partial charge in [-0.1, -0.05) is 12.1 Å². The van der Waals surface area contributed by atoms with Gasteiger partial charge >= 0.3 is 6.18 Å². The molecule has 1 fully saturated rings. The highest BCUT2D eigenvalue weighted by atomic mass is 32.2. The minimum Gasteiger partial charge on any atom is -0.472 e. The molecule has 26 heavy (non-hydrogen) atoms. The molecule has 0 N–H and O–H groups in total. The van der Waals surface area contributed by atoms with Gasteiger partial charge in [0.15, 0.2) is 0 Å². The van der Waals surface area contributed by atoms with Crippen LogP contribution in [-0.4, -0.2) is 36.9 Å². The van der Waals surface area contributed by atoms with Gasteiger partial charge in [0.2, 0.25) is 15.9 Å². The van der Waals surface area contributed by atoms with Gasteiger partial charge in [-0.25, -0.2) is 17.8 Å². The summed E-state index contributed by atoms with van der Waals surface area (Å²) < 4.78 is 81.6. The second-order valence-corrected chi connectivity index (χ2v) is 7.79. The Bertz CT molecular complexity index is 879. The standard InChI is InChI=1S/C16H14F4N2O3S/c17-13-3-1-2-11(6-13)10-26(23,24)22-8-14(9-22)25-15-5-4-12(7-21-15)16(18,19)20/h1-7,14H,8-10H2. The quantitative estimate of drug-likeness (QED) is 0.737. The minimum absolute atomic E-state index is 0.00909. The molecule has 1 aromatic carbocycles. The number of alkyl halides is 3. The summed E-state index contributed by atoms with van der Waals surface area (Å²) in [6.45, 7) is 0.112. The van der Waals surface area contributed by atoms with Crippen molar-refractivity contribution >= 4 is 10.0 Å². The third-order valence-electron chi connectivity index (χ3n) is 3.80. The van der Waals surface area contributed by atoms with Crippen molar-refractivity contribution in [3.63, 3.8) is 0 Å². The zero-order chi connectivity index (χ0) is 18.9. The summed E-state index contributed by atoms with van der Waals surface area (Å²) in [6.07, 6.45) is -4.32. The first kappa shape index (κ1) is 18.6. The predicted octanol–water partition coefficient (Wildman–Crippen LogP) is 2.83. The molecule has 3 rings (SSSR count). The third-order valence-corrected chi connectivity index (χ3v) is 5.58. The van der Waals surface area contributed by atoms with E-state index in [2.05, 4.69) is 4.98 Å². The first-order chi connectivity index (χ1) is 12.1. The van der Waals surface area contributed by atoms with Gasteiger partial charge in [0, 0.05) is 12.3 Å². The second kappa shape index (κ2) is 6.84. The van der Waals surface area contributed by atoms with E-state index < -0.39 is 33.7 Å². The van der Waals surface area contributed by atoms with Crippen LogP contribution in [0.5, 0.6) is 5.88 Å². The Morgan fingerprint density at radius 3 is 2.50 bits per heavy atom. The van der Waals surface area contributed by atoms with Crippen molar-refractivity contribution in [2.24, 2.45) is 0 Å². The van der Waals surface area contributed by atoms with Gasteiger partial charge in [-0.05, 0) is 23.8 Å². The molecule has 0 atom stereocenters. The van der Waals surface area contributed by atoms with Crippen LogP contribution < -0.4 is 4.74 Å². The minimum atomic E-state index is -4.48. The van der Waals surface area contributed by atoms with Crippen molar-refractivity contribution in [3.05, 3.63) is 59.5 Å². The number of benzene rings is 1. The third kappa shape index (κ3) is 4.31. The monoisotopic (exact) mass is 390 g/mol. The van der Waals surface area contributed by atoms with Crippen molar-refractivity contribution in [2.45, 2.75) is 18.0 Å². The van der Waals surface area contributed by atoms with Crippen LogP contribution in [0.3, 0.4) is 0 Å². The number of nitrogens with zero attached hydrogens (tertiary/aromatic N) is 2. The Labute approximate surface area is 147 Å². The fourth-order valence-corrected chi connectivity index (χ4v) is 3.99. The number of sulfonamides is 1. The largest absolute Gasteiger partial charge is 0.472 e. The van der Waals surface area contributed by atoms with Gasteiger partial charge in [-0.3, -0.25) is 0 Å². The topological polar surface area (TPSA) is 59.5 Å². The molecule has 0 bridgehead atoms. The van der Waals surface area contributed by atoms with Gasteiger partial charge in [-0.2, -0.15) is 17.5 Å². The number of hydrogen-bond acceptors (Lipinski definition) is 4. The molecule has 1 aromatic heterocycles. The van der Waals surface area contributed by atoms with E-state index in [0.717, 1.165) is 18.2 Å². The second-order valence-electron chi connectivity index (χ2n) is 5.83. The average Bonchev–Trinajstić information content (AvgIpc) is 2.49. The van der Waals surface area contributed by atoms with Gasteiger partial charge in [0.1, 0.15) is 11.9 Å². The molecule has 0 unspecified atom stereocenters. The van der Waals surface area contributed by atoms with Gasteiger partial charge in [-0.15, -0.1) is 0 Å². The van der Waals surface area contributed by atoms with Crippen molar-refractivity contribution in [1.29, 1.82) is 0 Å². The summed E-state index contributed by atoms with van der Waals surface area (Å²) in [5.41, 5.74) is -0.559. The highest BCUT2D eigenvalue weighted by Gasteiger charge is 2.37. The van der Waals surface area contributed by atoms with Gasteiger partial charge < -0.3 is 4.74 Å². The summed E-state index contributed by atoms with van der Waals surface area (Å²) in [7, 11) is -3.63. The molecule has 0 radical (unpaired) electrons. The van der Waals surface area contributed by atoms with Gasteiger partial charge in [0.25, 0.3) is 0 Å². The molecule has 0 saturated carbocycles. The fourth-order valence-electron chi connectivity index (χ4n) is 2.42. The summed E-state index contributed by atoms with van der Waals surface area (Å²) in [5, 5.41) is 0. The summed E-state index contributed by atoms with van der Waals surface area (Å²) in [4.78, 5) is 3.58. The lowest BCUT2D eigenvalue weighted by Crippen LogP contribution is -2.56. The van der Waals surface area contributed by atoms with Crippen LogP contribution in [0.15, 0.2) is 42.6 Å². The normalized spacial score (nSPS) is 16.3. The predicted molar refractivity (Wildman–Crippen MR) is 84.3 cm³/mol. The van der Waals surface area contributed by atoms with Gasteiger partial charge in [0.05, 0.1) is 24.4 Å². The SMILES string of the molecule is O=S(=O)(Cc1cccc(F)c1)N1CC(Oc2ccc(C(F)(F)F)cn2)C1. The maximum Gasteiger partial charge on any atom is 0.417 e. The lowest BCUT2D eigenvalue weighted by molar-refractivity contribution is -0.137. The summed E-state index contributed by atoms with van der Waals surface area (Å²) >= 11 is 0. The lowest BCUT2D eigenvalue weighted by atomic mass is 10.2. The van der Waals surface area contributed by atoms with Crippen LogP contribution in [0.1, 0.15) is 11.1 Å². The molecular formula is C16H14F4N2O3S. The summed E-state index contributed by atoms with van der Waals surface area (Å²) in [6, 6.07) is 7.25. The van der Waals surface area contributed by atoms with E-state index in [1.54, 1.807) is 0 Å². The van der Waals surface area contributed by atoms with E-state index in [9.17, 15) is 26.0 Å². The Kier molecular flexibility index (Phi) is 4.89. The van der Waals surface area contributed by atoms with Crippen LogP contribution in [0.2, 0.25) is 0 Å². The van der Waals surface area contributed by atoms with E-state index in [4.69, 9.17) is 4.74 Å². The van der Waals surface area contributed by atoms with Crippen LogP contribution in [0, 0.1) is 5.82 Å². The van der Waals surface area contributed by atoms with E-state index in [1.165, 1.54) is 22.5 Å². The molecule has 1 aliphatic rings. The first-order valence-corrected chi connectivity index (χ1v) is 9.16. The van der Waals surface area contributed by atoms with E-state index in [-0.39, 0.29) is 24.7 Å². The number of ether oxygens (including phenoxy) is 1. The number of pyridine rings is 1. The zero-order valence-corrected chi connectivity index (χ0v) is 14.1. The lowest BCUT2D eigenvalue weighted by Gasteiger charge is -2.37. The van der Waals surface area contributed by atoms with Crippen molar-refractivity contribution in [3.8, 4) is 5.88 Å². The van der Waals surface area contributed by atoms with Crippen LogP contribution in [0.4, 0.5) is 17.6 Å². The van der Waals surface area contributed by atoms with Crippen molar-refractivity contribution < 1.29 is 30.7 Å². The zero-order valence-electron chi connectivity index (χ0n) is 13.3. The summed E-state index contributed by atoms with van der Waals surface area (Å²) in [5.74, 6) is -0.864. The maximum absolute atomic E-state index is 13.1. The molecule has 2 heterocycles. The fraction of sp³-hybridized carbons (Fsp3) is 0.312. The Balaban J connectivity index is 1.55. The van der Waals surface area contributed by atoms with Crippen molar-refractivity contribution in [2.75, 3.05) is 13.1 Å². The smallest absolute Gasteiger partial charge is 0.417 e. The number of halogens is 4. The Hall–Kier alpha value is -2.20. The molecule has 5 nitrogen and oxygen atoms in total. The van der Waals surface area contributed by atoms with E-state index in [1.807, 2.05) is 0 Å². The molecule has 0 aliphatic carbocycles. The van der Waals surface area contributed by atoms with Crippen LogP contribution >= 0.6 is 0 Å². The molecule has 140 valence electrons. The molecular weight excluding hydrogens is 376 g/mol. The number of hydrogen-bond donors (Lipinski definition) is 0. The molecule has 1 aliphatic heterocycles. The van der Waals surface area contributed by atoms with Crippen molar-refractivity contribution in [1.82, 2.24) is 9.29 Å². The highest BCUT2D eigenvalue weighted by Crippen LogP contribution is 2.29. The molecule has 2 aromatic rings. The molecule has 1 saturated heterocycles.